The molecule has 3 heterocycles. The number of aryl methyl sites for hydroxylation is 1. The van der Waals surface area contributed by atoms with E-state index < -0.39 is 0 Å². The topological polar surface area (TPSA) is 69.3 Å². The van der Waals surface area contributed by atoms with E-state index in [0.717, 1.165) is 24.2 Å². The van der Waals surface area contributed by atoms with Crippen molar-refractivity contribution in [1.29, 1.82) is 0 Å². The lowest BCUT2D eigenvalue weighted by atomic mass is 9.96. The first-order chi connectivity index (χ1) is 15.1. The minimum atomic E-state index is -0.260. The lowest BCUT2D eigenvalue weighted by Gasteiger charge is -2.24. The molecular weight excluding hydrogens is 408 g/mol. The third-order valence-electron chi connectivity index (χ3n) is 5.80. The zero-order valence-electron chi connectivity index (χ0n) is 18.0. The predicted octanol–water partition coefficient (Wildman–Crippen LogP) is 4.00. The van der Waals surface area contributed by atoms with Crippen molar-refractivity contribution in [2.24, 2.45) is 5.92 Å². The van der Waals surface area contributed by atoms with Crippen molar-refractivity contribution in [1.82, 2.24) is 20.0 Å². The van der Waals surface area contributed by atoms with Crippen LogP contribution in [0.2, 0.25) is 0 Å². The average molecular weight is 437 g/mol. The number of H-pyrrole nitrogens is 1. The summed E-state index contributed by atoms with van der Waals surface area (Å²) < 4.78 is 0. The summed E-state index contributed by atoms with van der Waals surface area (Å²) in [5.41, 5.74) is 3.62. The molecule has 7 heteroatoms. The molecule has 1 aliphatic heterocycles. The molecule has 0 unspecified atom stereocenters. The first kappa shape index (κ1) is 21.3. The SMILES string of the molecule is CCCN1CCN(C(=O)c2cn[nH]c2C)C[C@H](Cc2cccc(-c3cccs3)c2)C1=O. The molecule has 1 N–H and O–H groups in total. The number of aromatic nitrogens is 2. The summed E-state index contributed by atoms with van der Waals surface area (Å²) >= 11 is 1.71. The fourth-order valence-corrected chi connectivity index (χ4v) is 4.91. The predicted molar refractivity (Wildman–Crippen MR) is 123 cm³/mol. The largest absolute Gasteiger partial charge is 0.341 e. The van der Waals surface area contributed by atoms with Crippen molar-refractivity contribution in [3.63, 3.8) is 0 Å². The van der Waals surface area contributed by atoms with Crippen LogP contribution in [0.1, 0.15) is 35.0 Å². The fourth-order valence-electron chi connectivity index (χ4n) is 4.19. The highest BCUT2D eigenvalue weighted by molar-refractivity contribution is 7.13. The van der Waals surface area contributed by atoms with Gasteiger partial charge in [0.2, 0.25) is 5.91 Å². The lowest BCUT2D eigenvalue weighted by molar-refractivity contribution is -0.134. The summed E-state index contributed by atoms with van der Waals surface area (Å²) in [6, 6.07) is 12.5. The quantitative estimate of drug-likeness (QED) is 0.635. The van der Waals surface area contributed by atoms with Crippen LogP contribution >= 0.6 is 11.3 Å². The van der Waals surface area contributed by atoms with Crippen LogP contribution in [0.15, 0.2) is 48.0 Å². The molecule has 0 saturated carbocycles. The molecule has 1 aromatic carbocycles. The van der Waals surface area contributed by atoms with Crippen molar-refractivity contribution in [2.75, 3.05) is 26.2 Å². The van der Waals surface area contributed by atoms with Crippen molar-refractivity contribution >= 4 is 23.2 Å². The van der Waals surface area contributed by atoms with E-state index in [1.165, 1.54) is 10.4 Å². The zero-order valence-corrected chi connectivity index (χ0v) is 18.8. The highest BCUT2D eigenvalue weighted by atomic mass is 32.1. The summed E-state index contributed by atoms with van der Waals surface area (Å²) in [6.07, 6.45) is 3.10. The maximum Gasteiger partial charge on any atom is 0.257 e. The third kappa shape index (κ3) is 4.71. The molecule has 0 spiro atoms. The van der Waals surface area contributed by atoms with Crippen LogP contribution in [0.3, 0.4) is 0 Å². The molecule has 3 aromatic rings. The van der Waals surface area contributed by atoms with Gasteiger partial charge >= 0.3 is 0 Å². The van der Waals surface area contributed by atoms with Gasteiger partial charge < -0.3 is 9.80 Å². The number of amides is 2. The fraction of sp³-hybridized carbons (Fsp3) is 0.375. The van der Waals surface area contributed by atoms with Gasteiger partial charge in [0.25, 0.3) is 5.91 Å². The van der Waals surface area contributed by atoms with Gasteiger partial charge in [-0.25, -0.2) is 0 Å². The number of rotatable bonds is 6. The zero-order chi connectivity index (χ0) is 21.8. The second-order valence-corrected chi connectivity index (χ2v) is 9.01. The molecule has 1 atom stereocenters. The number of thiophene rings is 1. The number of aromatic amines is 1. The van der Waals surface area contributed by atoms with Gasteiger partial charge in [-0.05, 0) is 42.3 Å². The van der Waals surface area contributed by atoms with E-state index in [-0.39, 0.29) is 17.7 Å². The summed E-state index contributed by atoms with van der Waals surface area (Å²) in [7, 11) is 0. The Balaban J connectivity index is 1.58. The smallest absolute Gasteiger partial charge is 0.257 e. The molecule has 4 rings (SSSR count). The molecule has 1 saturated heterocycles. The van der Waals surface area contributed by atoms with Crippen LogP contribution in [-0.2, 0) is 11.2 Å². The van der Waals surface area contributed by atoms with E-state index >= 15 is 0 Å². The van der Waals surface area contributed by atoms with Gasteiger partial charge in [-0.1, -0.05) is 37.3 Å². The highest BCUT2D eigenvalue weighted by Gasteiger charge is 2.33. The van der Waals surface area contributed by atoms with Crippen LogP contribution in [0.5, 0.6) is 0 Å². The molecule has 1 aliphatic rings. The Hall–Kier alpha value is -2.93. The van der Waals surface area contributed by atoms with E-state index in [1.807, 2.05) is 28.9 Å². The average Bonchev–Trinajstić information content (AvgIpc) is 3.43. The maximum absolute atomic E-state index is 13.3. The Labute approximate surface area is 186 Å². The number of benzene rings is 1. The Morgan fingerprint density at radius 1 is 1.26 bits per heavy atom. The molecule has 31 heavy (non-hydrogen) atoms. The number of nitrogens with one attached hydrogen (secondary N) is 1. The first-order valence-electron chi connectivity index (χ1n) is 10.8. The van der Waals surface area contributed by atoms with Crippen LogP contribution in [0, 0.1) is 12.8 Å². The van der Waals surface area contributed by atoms with Gasteiger partial charge in [-0.15, -0.1) is 11.3 Å². The van der Waals surface area contributed by atoms with Crippen molar-refractivity contribution in [3.8, 4) is 10.4 Å². The second-order valence-electron chi connectivity index (χ2n) is 8.06. The number of carbonyl (C=O) groups is 2. The molecule has 0 radical (unpaired) electrons. The summed E-state index contributed by atoms with van der Waals surface area (Å²) in [5.74, 6) is -0.180. The van der Waals surface area contributed by atoms with E-state index in [1.54, 1.807) is 17.5 Å². The Morgan fingerprint density at radius 2 is 2.13 bits per heavy atom. The molecule has 0 bridgehead atoms. The normalized spacial score (nSPS) is 17.1. The third-order valence-corrected chi connectivity index (χ3v) is 6.72. The van der Waals surface area contributed by atoms with E-state index in [9.17, 15) is 9.59 Å². The molecule has 1 fully saturated rings. The second kappa shape index (κ2) is 9.47. The number of hydrogen-bond donors (Lipinski definition) is 1. The molecule has 2 aromatic heterocycles. The van der Waals surface area contributed by atoms with E-state index in [0.29, 0.717) is 31.6 Å². The first-order valence-corrected chi connectivity index (χ1v) is 11.7. The van der Waals surface area contributed by atoms with Crippen LogP contribution in [0.25, 0.3) is 10.4 Å². The molecule has 162 valence electrons. The van der Waals surface area contributed by atoms with E-state index in [4.69, 9.17) is 0 Å². The van der Waals surface area contributed by atoms with Crippen molar-refractivity contribution in [2.45, 2.75) is 26.7 Å². The summed E-state index contributed by atoms with van der Waals surface area (Å²) in [4.78, 5) is 31.5. The molecule has 6 nitrogen and oxygen atoms in total. The minimum Gasteiger partial charge on any atom is -0.341 e. The number of carbonyl (C=O) groups excluding carboxylic acids is 2. The number of nitrogens with zero attached hydrogens (tertiary/aromatic N) is 3. The Morgan fingerprint density at radius 3 is 2.84 bits per heavy atom. The van der Waals surface area contributed by atoms with Gasteiger partial charge in [0.05, 0.1) is 17.7 Å². The van der Waals surface area contributed by atoms with Gasteiger partial charge in [-0.3, -0.25) is 14.7 Å². The lowest BCUT2D eigenvalue weighted by Crippen LogP contribution is -2.38. The van der Waals surface area contributed by atoms with Gasteiger partial charge in [0.1, 0.15) is 0 Å². The molecule has 2 amide bonds. The van der Waals surface area contributed by atoms with E-state index in [2.05, 4.69) is 46.8 Å². The Bertz CT molecular complexity index is 1040. The molecular formula is C24H28N4O2S. The van der Waals surface area contributed by atoms with Gasteiger partial charge in [0.15, 0.2) is 0 Å². The minimum absolute atomic E-state index is 0.0604. The van der Waals surface area contributed by atoms with Gasteiger partial charge in [-0.2, -0.15) is 5.10 Å². The Kier molecular flexibility index (Phi) is 6.51. The summed E-state index contributed by atoms with van der Waals surface area (Å²) in [6.45, 7) is 6.18. The highest BCUT2D eigenvalue weighted by Crippen LogP contribution is 2.27. The van der Waals surface area contributed by atoms with Crippen molar-refractivity contribution < 1.29 is 9.59 Å². The molecule has 0 aliphatic carbocycles. The monoisotopic (exact) mass is 436 g/mol. The van der Waals surface area contributed by atoms with Crippen LogP contribution in [0.4, 0.5) is 0 Å². The van der Waals surface area contributed by atoms with Crippen LogP contribution < -0.4 is 0 Å². The number of hydrogen-bond acceptors (Lipinski definition) is 4. The van der Waals surface area contributed by atoms with Gasteiger partial charge in [0, 0.05) is 36.8 Å². The van der Waals surface area contributed by atoms with Crippen LogP contribution in [-0.4, -0.2) is 58.0 Å². The maximum atomic E-state index is 13.3. The standard InChI is InChI=1S/C24H28N4O2S/c1-3-9-27-10-11-28(24(30)21-15-25-26-17(21)2)16-20(23(27)29)14-18-6-4-7-19(13-18)22-8-5-12-31-22/h4-8,12-13,15,20H,3,9-11,14,16H2,1-2H3,(H,25,26)/t20-/m0/s1. The summed E-state index contributed by atoms with van der Waals surface area (Å²) in [5, 5.41) is 8.90. The van der Waals surface area contributed by atoms with Crippen molar-refractivity contribution in [3.05, 3.63) is 64.8 Å².